The van der Waals surface area contributed by atoms with Gasteiger partial charge in [0, 0.05) is 25.7 Å². The molecule has 1 fully saturated rings. The molecule has 2 nitrogen and oxygen atoms in total. The molecule has 1 unspecified atom stereocenters. The smallest absolute Gasteiger partial charge is 0.0444 e. The molecule has 2 N–H and O–H groups in total. The molecule has 1 aliphatic rings. The fraction of sp³-hybridized carbons (Fsp3) is 0.667. The van der Waals surface area contributed by atoms with Crippen LogP contribution in [0, 0.1) is 6.08 Å². The maximum absolute atomic E-state index is 3.56. The lowest BCUT2D eigenvalue weighted by Gasteiger charge is -2.20. The summed E-state index contributed by atoms with van der Waals surface area (Å²) in [7, 11) is 0. The van der Waals surface area contributed by atoms with Crippen molar-refractivity contribution < 1.29 is 0 Å². The van der Waals surface area contributed by atoms with E-state index in [1.807, 2.05) is 0 Å². The summed E-state index contributed by atoms with van der Waals surface area (Å²) in [6.45, 7) is 6.64. The van der Waals surface area contributed by atoms with E-state index in [9.17, 15) is 0 Å². The molecule has 1 rings (SSSR count). The molecule has 45 valence electrons. The average molecular weight is 111 g/mol. The number of hydrogen-bond donors (Lipinski definition) is 2. The molecule has 0 aromatic carbocycles. The van der Waals surface area contributed by atoms with Gasteiger partial charge < -0.3 is 10.6 Å². The van der Waals surface area contributed by atoms with Gasteiger partial charge in [0.05, 0.1) is 0 Å². The van der Waals surface area contributed by atoms with Crippen molar-refractivity contribution in [1.82, 2.24) is 10.6 Å². The van der Waals surface area contributed by atoms with Crippen molar-refractivity contribution in [2.75, 3.05) is 19.6 Å². The lowest BCUT2D eigenvalue weighted by molar-refractivity contribution is 0.464. The molecule has 0 aromatic heterocycles. The predicted molar refractivity (Wildman–Crippen MR) is 33.5 cm³/mol. The van der Waals surface area contributed by atoms with Crippen molar-refractivity contribution in [3.05, 3.63) is 12.7 Å². The van der Waals surface area contributed by atoms with Gasteiger partial charge in [-0.1, -0.05) is 6.58 Å². The molecule has 0 amide bonds. The Bertz CT molecular complexity index is 74.6. The van der Waals surface area contributed by atoms with E-state index < -0.39 is 0 Å². The van der Waals surface area contributed by atoms with Crippen LogP contribution in [0.2, 0.25) is 0 Å². The SMILES string of the molecule is C=[C]C1CNCCN1. The molecule has 0 aromatic rings. The second-order valence-corrected chi connectivity index (χ2v) is 1.91. The van der Waals surface area contributed by atoms with Crippen LogP contribution in [0.5, 0.6) is 0 Å². The summed E-state index contributed by atoms with van der Waals surface area (Å²) in [6.07, 6.45) is 2.88. The Morgan fingerprint density at radius 3 is 2.75 bits per heavy atom. The Labute approximate surface area is 50.0 Å². The standard InChI is InChI=1S/C6H11N2/c1-2-6-5-7-3-4-8-6/h6-8H,1,3-5H2. The predicted octanol–water partition coefficient (Wildman–Crippen LogP) is -0.463. The summed E-state index contributed by atoms with van der Waals surface area (Å²) in [5.41, 5.74) is 0. The number of hydrogen-bond acceptors (Lipinski definition) is 2. The van der Waals surface area contributed by atoms with Gasteiger partial charge in [-0.15, -0.1) is 0 Å². The zero-order valence-corrected chi connectivity index (χ0v) is 4.91. The van der Waals surface area contributed by atoms with Gasteiger partial charge in [0.1, 0.15) is 0 Å². The minimum absolute atomic E-state index is 0.365. The van der Waals surface area contributed by atoms with Crippen LogP contribution in [-0.2, 0) is 0 Å². The lowest BCUT2D eigenvalue weighted by Crippen LogP contribution is -2.47. The van der Waals surface area contributed by atoms with Crippen LogP contribution >= 0.6 is 0 Å². The van der Waals surface area contributed by atoms with E-state index >= 15 is 0 Å². The van der Waals surface area contributed by atoms with Crippen LogP contribution in [0.4, 0.5) is 0 Å². The summed E-state index contributed by atoms with van der Waals surface area (Å²) >= 11 is 0. The molecule has 1 radical (unpaired) electrons. The Hall–Kier alpha value is -0.340. The van der Waals surface area contributed by atoms with E-state index in [2.05, 4.69) is 23.3 Å². The Morgan fingerprint density at radius 1 is 1.50 bits per heavy atom. The largest absolute Gasteiger partial charge is 0.314 e. The summed E-state index contributed by atoms with van der Waals surface area (Å²) in [4.78, 5) is 0. The highest BCUT2D eigenvalue weighted by Gasteiger charge is 2.05. The average Bonchev–Trinajstić information content (AvgIpc) is 1.90. The minimum Gasteiger partial charge on any atom is -0.314 e. The zero-order chi connectivity index (χ0) is 5.82. The van der Waals surface area contributed by atoms with Crippen LogP contribution in [0.25, 0.3) is 0 Å². The molecule has 2 heteroatoms. The van der Waals surface area contributed by atoms with Crippen molar-refractivity contribution in [2.24, 2.45) is 0 Å². The maximum atomic E-state index is 3.56. The number of nitrogens with one attached hydrogen (secondary N) is 2. The van der Waals surface area contributed by atoms with E-state index in [1.165, 1.54) is 0 Å². The topological polar surface area (TPSA) is 24.1 Å². The molecule has 8 heavy (non-hydrogen) atoms. The Balaban J connectivity index is 2.22. The first-order valence-corrected chi connectivity index (χ1v) is 2.90. The fourth-order valence-electron chi connectivity index (χ4n) is 0.798. The Kier molecular flexibility index (Phi) is 2.06. The molecule has 0 bridgehead atoms. The second kappa shape index (κ2) is 2.84. The van der Waals surface area contributed by atoms with Crippen LogP contribution in [0.3, 0.4) is 0 Å². The molecule has 1 saturated heterocycles. The maximum Gasteiger partial charge on any atom is 0.0444 e. The van der Waals surface area contributed by atoms with Crippen LogP contribution in [0.1, 0.15) is 0 Å². The van der Waals surface area contributed by atoms with Gasteiger partial charge in [-0.25, -0.2) is 0 Å². The van der Waals surface area contributed by atoms with Crippen LogP contribution in [-0.4, -0.2) is 25.7 Å². The normalized spacial score (nSPS) is 29.8. The molecule has 0 saturated carbocycles. The summed E-state index contributed by atoms with van der Waals surface area (Å²) in [6, 6.07) is 0.365. The van der Waals surface area contributed by atoms with Gasteiger partial charge in [-0.3, -0.25) is 0 Å². The van der Waals surface area contributed by atoms with Gasteiger partial charge in [0.25, 0.3) is 0 Å². The van der Waals surface area contributed by atoms with Gasteiger partial charge in [0.15, 0.2) is 0 Å². The molecule has 0 aliphatic carbocycles. The molecule has 0 spiro atoms. The number of rotatable bonds is 1. The van der Waals surface area contributed by atoms with Crippen LogP contribution < -0.4 is 10.6 Å². The molecular formula is C6H11N2. The van der Waals surface area contributed by atoms with E-state index in [0.29, 0.717) is 6.04 Å². The second-order valence-electron chi connectivity index (χ2n) is 1.91. The highest BCUT2D eigenvalue weighted by atomic mass is 15.0. The van der Waals surface area contributed by atoms with Crippen molar-refractivity contribution in [2.45, 2.75) is 6.04 Å². The van der Waals surface area contributed by atoms with E-state index in [-0.39, 0.29) is 0 Å². The lowest BCUT2D eigenvalue weighted by atomic mass is 10.2. The summed E-state index contributed by atoms with van der Waals surface area (Å²) < 4.78 is 0. The van der Waals surface area contributed by atoms with Crippen molar-refractivity contribution >= 4 is 0 Å². The third kappa shape index (κ3) is 1.32. The first-order chi connectivity index (χ1) is 3.93. The van der Waals surface area contributed by atoms with E-state index in [0.717, 1.165) is 19.6 Å². The van der Waals surface area contributed by atoms with Crippen molar-refractivity contribution in [3.63, 3.8) is 0 Å². The van der Waals surface area contributed by atoms with Crippen molar-refractivity contribution in [3.8, 4) is 0 Å². The van der Waals surface area contributed by atoms with Crippen LogP contribution in [0.15, 0.2) is 6.58 Å². The van der Waals surface area contributed by atoms with Gasteiger partial charge in [-0.05, 0) is 6.08 Å². The third-order valence-corrected chi connectivity index (χ3v) is 1.29. The third-order valence-electron chi connectivity index (χ3n) is 1.29. The molecular weight excluding hydrogens is 100 g/mol. The molecule has 1 aliphatic heterocycles. The van der Waals surface area contributed by atoms with E-state index in [4.69, 9.17) is 0 Å². The van der Waals surface area contributed by atoms with E-state index in [1.54, 1.807) is 0 Å². The zero-order valence-electron chi connectivity index (χ0n) is 4.91. The van der Waals surface area contributed by atoms with Gasteiger partial charge in [-0.2, -0.15) is 0 Å². The minimum atomic E-state index is 0.365. The highest BCUT2D eigenvalue weighted by Crippen LogP contribution is 1.83. The summed E-state index contributed by atoms with van der Waals surface area (Å²) in [5.74, 6) is 0. The molecule has 1 heterocycles. The number of piperazine rings is 1. The summed E-state index contributed by atoms with van der Waals surface area (Å²) in [5, 5.41) is 6.45. The highest BCUT2D eigenvalue weighted by molar-refractivity contribution is 4.82. The molecule has 1 atom stereocenters. The Morgan fingerprint density at radius 2 is 2.38 bits per heavy atom. The first-order valence-electron chi connectivity index (χ1n) is 2.90. The van der Waals surface area contributed by atoms with Gasteiger partial charge >= 0.3 is 0 Å². The fourth-order valence-corrected chi connectivity index (χ4v) is 0.798. The van der Waals surface area contributed by atoms with Crippen molar-refractivity contribution in [1.29, 1.82) is 0 Å². The first kappa shape index (κ1) is 5.79. The van der Waals surface area contributed by atoms with Gasteiger partial charge in [0.2, 0.25) is 0 Å². The monoisotopic (exact) mass is 111 g/mol. The quantitative estimate of drug-likeness (QED) is 0.478.